The van der Waals surface area contributed by atoms with Gasteiger partial charge in [0.15, 0.2) is 0 Å². The summed E-state index contributed by atoms with van der Waals surface area (Å²) in [6.07, 6.45) is 8.86. The number of piperidine rings is 1. The molecule has 6 nitrogen and oxygen atoms in total. The van der Waals surface area contributed by atoms with Gasteiger partial charge < -0.3 is 18.9 Å². The Kier molecular flexibility index (Phi) is 6.66. The van der Waals surface area contributed by atoms with Gasteiger partial charge in [-0.15, -0.1) is 0 Å². The van der Waals surface area contributed by atoms with Crippen molar-refractivity contribution >= 4 is 11.4 Å². The van der Waals surface area contributed by atoms with Gasteiger partial charge in [0.1, 0.15) is 5.82 Å². The molecule has 2 aliphatic heterocycles. The third kappa shape index (κ3) is 4.86. The van der Waals surface area contributed by atoms with E-state index >= 15 is 0 Å². The SMILES string of the molecule is CN1CCC(Cc2ccc(F)cc2)(C(=O)N2CCOC[C@H](Cc3nccn4cccc34)C2)CC1. The van der Waals surface area contributed by atoms with Crippen LogP contribution in [0.25, 0.3) is 5.52 Å². The highest BCUT2D eigenvalue weighted by atomic mass is 19.1. The molecule has 0 saturated carbocycles. The topological polar surface area (TPSA) is 50.1 Å². The second-order valence-corrected chi connectivity index (χ2v) is 9.96. The zero-order valence-corrected chi connectivity index (χ0v) is 19.8. The first kappa shape index (κ1) is 23.0. The smallest absolute Gasteiger partial charge is 0.229 e. The van der Waals surface area contributed by atoms with E-state index in [1.54, 1.807) is 0 Å². The summed E-state index contributed by atoms with van der Waals surface area (Å²) in [4.78, 5) is 23.1. The molecule has 1 atom stereocenters. The maximum Gasteiger partial charge on any atom is 0.229 e. The highest BCUT2D eigenvalue weighted by molar-refractivity contribution is 5.83. The fourth-order valence-electron chi connectivity index (χ4n) is 5.49. The van der Waals surface area contributed by atoms with Crippen LogP contribution in [0.1, 0.15) is 24.1 Å². The first-order valence-electron chi connectivity index (χ1n) is 12.2. The lowest BCUT2D eigenvalue weighted by Gasteiger charge is -2.42. The van der Waals surface area contributed by atoms with E-state index in [0.29, 0.717) is 32.7 Å². The van der Waals surface area contributed by atoms with E-state index in [1.165, 1.54) is 12.1 Å². The fourth-order valence-corrected chi connectivity index (χ4v) is 5.49. The molecule has 180 valence electrons. The predicted molar refractivity (Wildman–Crippen MR) is 129 cm³/mol. The van der Waals surface area contributed by atoms with Crippen molar-refractivity contribution < 1.29 is 13.9 Å². The number of benzene rings is 1. The van der Waals surface area contributed by atoms with Crippen molar-refractivity contribution in [1.82, 2.24) is 19.2 Å². The van der Waals surface area contributed by atoms with Crippen molar-refractivity contribution in [3.63, 3.8) is 0 Å². The molecule has 0 N–H and O–H groups in total. The molecule has 1 aromatic carbocycles. The summed E-state index contributed by atoms with van der Waals surface area (Å²) in [5.41, 5.74) is 2.70. The number of hydrogen-bond donors (Lipinski definition) is 0. The van der Waals surface area contributed by atoms with E-state index in [9.17, 15) is 9.18 Å². The number of rotatable bonds is 5. The Morgan fingerprint density at radius 2 is 1.94 bits per heavy atom. The molecule has 0 bridgehead atoms. The normalized spacial score (nSPS) is 21.5. The second kappa shape index (κ2) is 9.84. The van der Waals surface area contributed by atoms with Crippen LogP contribution in [0.2, 0.25) is 0 Å². The zero-order valence-electron chi connectivity index (χ0n) is 19.8. The molecule has 0 spiro atoms. The van der Waals surface area contributed by atoms with Crippen LogP contribution in [-0.2, 0) is 22.4 Å². The molecule has 0 aliphatic carbocycles. The molecule has 7 heteroatoms. The first-order valence-corrected chi connectivity index (χ1v) is 12.2. The molecule has 34 heavy (non-hydrogen) atoms. The molecule has 4 heterocycles. The summed E-state index contributed by atoms with van der Waals surface area (Å²) < 4.78 is 21.5. The lowest BCUT2D eigenvalue weighted by Crippen LogP contribution is -2.52. The summed E-state index contributed by atoms with van der Waals surface area (Å²) in [5, 5.41) is 0. The number of amides is 1. The Morgan fingerprint density at radius 1 is 1.15 bits per heavy atom. The number of fused-ring (bicyclic) bond motifs is 1. The number of halogens is 1. The van der Waals surface area contributed by atoms with Gasteiger partial charge in [0, 0.05) is 37.6 Å². The zero-order chi connectivity index (χ0) is 23.5. The van der Waals surface area contributed by atoms with Gasteiger partial charge in [-0.05, 0) is 75.6 Å². The van der Waals surface area contributed by atoms with Gasteiger partial charge >= 0.3 is 0 Å². The quantitative estimate of drug-likeness (QED) is 0.581. The first-order chi connectivity index (χ1) is 16.5. The van der Waals surface area contributed by atoms with Crippen LogP contribution in [0, 0.1) is 17.2 Å². The highest BCUT2D eigenvalue weighted by Gasteiger charge is 2.43. The van der Waals surface area contributed by atoms with E-state index in [-0.39, 0.29) is 17.6 Å². The van der Waals surface area contributed by atoms with Crippen molar-refractivity contribution in [3.8, 4) is 0 Å². The van der Waals surface area contributed by atoms with Crippen molar-refractivity contribution in [2.24, 2.45) is 11.3 Å². The Hall–Kier alpha value is -2.77. The van der Waals surface area contributed by atoms with Crippen LogP contribution in [0.15, 0.2) is 55.0 Å². The van der Waals surface area contributed by atoms with Crippen LogP contribution in [0.4, 0.5) is 4.39 Å². The lowest BCUT2D eigenvalue weighted by atomic mass is 9.72. The molecule has 2 aromatic heterocycles. The summed E-state index contributed by atoms with van der Waals surface area (Å²) in [6, 6.07) is 10.7. The number of carbonyl (C=O) groups excluding carboxylic acids is 1. The predicted octanol–water partition coefficient (Wildman–Crippen LogP) is 3.45. The third-order valence-electron chi connectivity index (χ3n) is 7.49. The molecular formula is C27H33FN4O2. The van der Waals surface area contributed by atoms with E-state index < -0.39 is 5.41 Å². The summed E-state index contributed by atoms with van der Waals surface area (Å²) in [6.45, 7) is 4.24. The van der Waals surface area contributed by atoms with Gasteiger partial charge in [-0.2, -0.15) is 0 Å². The average Bonchev–Trinajstić information content (AvgIpc) is 3.22. The summed E-state index contributed by atoms with van der Waals surface area (Å²) >= 11 is 0. The maximum atomic E-state index is 14.1. The monoisotopic (exact) mass is 464 g/mol. The fraction of sp³-hybridized carbons (Fsp3) is 0.481. The van der Waals surface area contributed by atoms with Gasteiger partial charge in [-0.3, -0.25) is 9.78 Å². The minimum atomic E-state index is -0.459. The van der Waals surface area contributed by atoms with Gasteiger partial charge in [0.05, 0.1) is 29.8 Å². The Bertz CT molecular complexity index is 1120. The highest BCUT2D eigenvalue weighted by Crippen LogP contribution is 2.37. The van der Waals surface area contributed by atoms with Gasteiger partial charge in [0.2, 0.25) is 5.91 Å². The molecule has 0 unspecified atom stereocenters. The van der Waals surface area contributed by atoms with Crippen molar-refractivity contribution in [2.45, 2.75) is 25.7 Å². The van der Waals surface area contributed by atoms with Crippen LogP contribution >= 0.6 is 0 Å². The van der Waals surface area contributed by atoms with Gasteiger partial charge in [-0.1, -0.05) is 12.1 Å². The summed E-state index contributed by atoms with van der Waals surface area (Å²) in [7, 11) is 2.11. The van der Waals surface area contributed by atoms with E-state index in [4.69, 9.17) is 4.74 Å². The van der Waals surface area contributed by atoms with Crippen molar-refractivity contribution in [1.29, 1.82) is 0 Å². The number of ether oxygens (including phenoxy) is 1. The molecule has 0 radical (unpaired) electrons. The molecule has 2 aliphatic rings. The molecular weight excluding hydrogens is 431 g/mol. The second-order valence-electron chi connectivity index (χ2n) is 9.96. The number of aromatic nitrogens is 2. The summed E-state index contributed by atoms with van der Waals surface area (Å²) in [5.74, 6) is 0.162. The maximum absolute atomic E-state index is 14.1. The van der Waals surface area contributed by atoms with Crippen molar-refractivity contribution in [2.75, 3.05) is 46.4 Å². The molecule has 2 saturated heterocycles. The number of carbonyl (C=O) groups is 1. The standard InChI is InChI=1S/C27H33FN4O2/c1-30-12-8-27(9-13-30,18-21-4-6-23(28)7-5-21)26(33)32-15-16-34-20-22(19-32)17-24-25-3-2-11-31(25)14-10-29-24/h2-7,10-11,14,22H,8-9,12-13,15-20H2,1H3/t22-/m1/s1. The lowest BCUT2D eigenvalue weighted by molar-refractivity contribution is -0.145. The Morgan fingerprint density at radius 3 is 2.74 bits per heavy atom. The average molecular weight is 465 g/mol. The number of likely N-dealkylation sites (tertiary alicyclic amines) is 1. The minimum absolute atomic E-state index is 0.189. The van der Waals surface area contributed by atoms with Crippen LogP contribution in [0.5, 0.6) is 0 Å². The van der Waals surface area contributed by atoms with E-state index in [0.717, 1.165) is 49.1 Å². The molecule has 1 amide bonds. The van der Waals surface area contributed by atoms with Crippen LogP contribution in [0.3, 0.4) is 0 Å². The minimum Gasteiger partial charge on any atom is -0.379 e. The molecule has 2 fully saturated rings. The Balaban J connectivity index is 1.36. The third-order valence-corrected chi connectivity index (χ3v) is 7.49. The van der Waals surface area contributed by atoms with Crippen LogP contribution in [-0.4, -0.2) is 71.5 Å². The van der Waals surface area contributed by atoms with Crippen LogP contribution < -0.4 is 0 Å². The van der Waals surface area contributed by atoms with Crippen molar-refractivity contribution in [3.05, 3.63) is 72.1 Å². The Labute approximate surface area is 200 Å². The number of hydrogen-bond acceptors (Lipinski definition) is 4. The van der Waals surface area contributed by atoms with E-state index in [1.807, 2.05) is 41.7 Å². The largest absolute Gasteiger partial charge is 0.379 e. The molecule has 3 aromatic rings. The van der Waals surface area contributed by atoms with Gasteiger partial charge in [0.25, 0.3) is 0 Å². The molecule has 5 rings (SSSR count). The number of nitrogens with zero attached hydrogens (tertiary/aromatic N) is 4. The van der Waals surface area contributed by atoms with E-state index in [2.05, 4.69) is 27.4 Å². The van der Waals surface area contributed by atoms with Gasteiger partial charge in [-0.25, -0.2) is 4.39 Å².